The zero-order valence-electron chi connectivity index (χ0n) is 9.16. The van der Waals surface area contributed by atoms with E-state index < -0.39 is 17.2 Å². The highest BCUT2D eigenvalue weighted by Gasteiger charge is 2.38. The third-order valence-electron chi connectivity index (χ3n) is 2.38. The maximum Gasteiger partial charge on any atom is 0.309 e. The van der Waals surface area contributed by atoms with Crippen molar-refractivity contribution in [1.29, 1.82) is 0 Å². The van der Waals surface area contributed by atoms with Gasteiger partial charge in [0.25, 0.3) is 0 Å². The fourth-order valence-corrected chi connectivity index (χ4v) is 1.52. The van der Waals surface area contributed by atoms with Gasteiger partial charge in [-0.3, -0.25) is 4.79 Å². The van der Waals surface area contributed by atoms with Gasteiger partial charge in [-0.25, -0.2) is 0 Å². The van der Waals surface area contributed by atoms with E-state index in [2.05, 4.69) is 0 Å². The molecule has 1 N–H and O–H groups in total. The minimum absolute atomic E-state index is 0.115. The van der Waals surface area contributed by atoms with Crippen molar-refractivity contribution in [2.75, 3.05) is 6.61 Å². The monoisotopic (exact) mass is 202 g/mol. The molecule has 0 amide bonds. The van der Waals surface area contributed by atoms with E-state index in [1.807, 2.05) is 13.8 Å². The van der Waals surface area contributed by atoms with Gasteiger partial charge >= 0.3 is 5.97 Å². The van der Waals surface area contributed by atoms with Crippen molar-refractivity contribution in [3.8, 4) is 0 Å². The summed E-state index contributed by atoms with van der Waals surface area (Å²) in [7, 11) is 0. The largest absolute Gasteiger partial charge is 0.481 e. The summed E-state index contributed by atoms with van der Waals surface area (Å²) in [5, 5.41) is 8.94. The number of carboxylic acid groups (broad SMARTS) is 1. The van der Waals surface area contributed by atoms with Gasteiger partial charge in [-0.15, -0.1) is 0 Å². The van der Waals surface area contributed by atoms with E-state index in [1.54, 1.807) is 13.8 Å². The Morgan fingerprint density at radius 3 is 2.50 bits per heavy atom. The zero-order valence-corrected chi connectivity index (χ0v) is 9.16. The molecular weight excluding hydrogens is 184 g/mol. The fourth-order valence-electron chi connectivity index (χ4n) is 1.52. The van der Waals surface area contributed by atoms with Crippen LogP contribution in [0.1, 0.15) is 34.1 Å². The Hall–Kier alpha value is -0.610. The van der Waals surface area contributed by atoms with Crippen molar-refractivity contribution >= 4 is 5.97 Å². The lowest BCUT2D eigenvalue weighted by Gasteiger charge is -2.23. The molecule has 14 heavy (non-hydrogen) atoms. The average molecular weight is 202 g/mol. The lowest BCUT2D eigenvalue weighted by atomic mass is 9.87. The van der Waals surface area contributed by atoms with Crippen LogP contribution in [0.15, 0.2) is 0 Å². The van der Waals surface area contributed by atoms with Crippen LogP contribution < -0.4 is 0 Å². The van der Waals surface area contributed by atoms with Crippen LogP contribution in [0.25, 0.3) is 0 Å². The van der Waals surface area contributed by atoms with Gasteiger partial charge in [0.1, 0.15) is 0 Å². The second-order valence-electron chi connectivity index (χ2n) is 4.84. The molecule has 1 aliphatic rings. The number of hydrogen-bond acceptors (Lipinski definition) is 3. The van der Waals surface area contributed by atoms with Gasteiger partial charge in [-0.2, -0.15) is 0 Å². The summed E-state index contributed by atoms with van der Waals surface area (Å²) >= 11 is 0. The first-order valence-electron chi connectivity index (χ1n) is 4.78. The number of aliphatic carboxylic acids is 1. The van der Waals surface area contributed by atoms with Crippen molar-refractivity contribution in [2.24, 2.45) is 5.41 Å². The normalized spacial score (nSPS) is 26.4. The second kappa shape index (κ2) is 3.51. The first-order chi connectivity index (χ1) is 6.23. The van der Waals surface area contributed by atoms with Crippen molar-refractivity contribution in [3.05, 3.63) is 0 Å². The predicted molar refractivity (Wildman–Crippen MR) is 50.9 cm³/mol. The van der Waals surface area contributed by atoms with E-state index in [1.165, 1.54) is 0 Å². The molecule has 0 aromatic heterocycles. The van der Waals surface area contributed by atoms with Gasteiger partial charge in [0.15, 0.2) is 5.79 Å². The number of ether oxygens (including phenoxy) is 2. The molecule has 0 spiro atoms. The molecule has 0 radical (unpaired) electrons. The maximum absolute atomic E-state index is 10.9. The quantitative estimate of drug-likeness (QED) is 0.755. The molecule has 1 saturated heterocycles. The smallest absolute Gasteiger partial charge is 0.309 e. The Balaban J connectivity index is 2.51. The van der Waals surface area contributed by atoms with Gasteiger partial charge in [-0.05, 0) is 34.1 Å². The molecule has 82 valence electrons. The SMILES string of the molecule is CC1(C)OCC(CC(C)(C)C(=O)O)O1. The molecule has 1 heterocycles. The summed E-state index contributed by atoms with van der Waals surface area (Å²) in [6.45, 7) is 7.54. The molecule has 0 aliphatic carbocycles. The summed E-state index contributed by atoms with van der Waals surface area (Å²) in [5.41, 5.74) is -0.756. The number of carboxylic acids is 1. The zero-order chi connectivity index (χ0) is 11.0. The van der Waals surface area contributed by atoms with Crippen LogP contribution in [0.4, 0.5) is 0 Å². The van der Waals surface area contributed by atoms with Gasteiger partial charge in [0, 0.05) is 0 Å². The van der Waals surface area contributed by atoms with Crippen LogP contribution in [-0.2, 0) is 14.3 Å². The van der Waals surface area contributed by atoms with Crippen LogP contribution in [0, 0.1) is 5.41 Å². The van der Waals surface area contributed by atoms with E-state index in [9.17, 15) is 4.79 Å². The maximum atomic E-state index is 10.9. The highest BCUT2D eigenvalue weighted by atomic mass is 16.7. The second-order valence-corrected chi connectivity index (χ2v) is 4.84. The molecule has 1 unspecified atom stereocenters. The Bertz CT molecular complexity index is 232. The number of hydrogen-bond donors (Lipinski definition) is 1. The standard InChI is InChI=1S/C10H18O4/c1-9(2,8(11)12)5-7-6-13-10(3,4)14-7/h7H,5-6H2,1-4H3,(H,11,12). The van der Waals surface area contributed by atoms with Gasteiger partial charge in [0.2, 0.25) is 0 Å². The van der Waals surface area contributed by atoms with E-state index in [-0.39, 0.29) is 6.10 Å². The van der Waals surface area contributed by atoms with Crippen LogP contribution in [0.5, 0.6) is 0 Å². The highest BCUT2D eigenvalue weighted by molar-refractivity contribution is 5.73. The predicted octanol–water partition coefficient (Wildman–Crippen LogP) is 1.64. The van der Waals surface area contributed by atoms with Crippen molar-refractivity contribution in [1.82, 2.24) is 0 Å². The molecular formula is C10H18O4. The van der Waals surface area contributed by atoms with Gasteiger partial charge < -0.3 is 14.6 Å². The lowest BCUT2D eigenvalue weighted by Crippen LogP contribution is -2.31. The Morgan fingerprint density at radius 1 is 1.57 bits per heavy atom. The van der Waals surface area contributed by atoms with Gasteiger partial charge in [-0.1, -0.05) is 0 Å². The topological polar surface area (TPSA) is 55.8 Å². The summed E-state index contributed by atoms with van der Waals surface area (Å²) in [6, 6.07) is 0. The van der Waals surface area contributed by atoms with Crippen LogP contribution in [-0.4, -0.2) is 29.6 Å². The molecule has 1 aliphatic heterocycles. The summed E-state index contributed by atoms with van der Waals surface area (Å²) < 4.78 is 10.9. The molecule has 0 saturated carbocycles. The summed E-state index contributed by atoms with van der Waals surface area (Å²) in [5.74, 6) is -1.37. The molecule has 1 fully saturated rings. The Kier molecular flexibility index (Phi) is 2.88. The minimum atomic E-state index is -0.800. The third-order valence-corrected chi connectivity index (χ3v) is 2.38. The fraction of sp³-hybridized carbons (Fsp3) is 0.900. The third kappa shape index (κ3) is 2.69. The lowest BCUT2D eigenvalue weighted by molar-refractivity contribution is -0.155. The molecule has 4 nitrogen and oxygen atoms in total. The Labute approximate surface area is 84.2 Å². The number of rotatable bonds is 3. The summed E-state index contributed by atoms with van der Waals surface area (Å²) in [4.78, 5) is 10.9. The molecule has 1 atom stereocenters. The van der Waals surface area contributed by atoms with E-state index in [0.717, 1.165) is 0 Å². The molecule has 0 bridgehead atoms. The molecule has 0 aromatic carbocycles. The van der Waals surface area contributed by atoms with E-state index in [0.29, 0.717) is 13.0 Å². The van der Waals surface area contributed by atoms with Crippen LogP contribution >= 0.6 is 0 Å². The molecule has 4 heteroatoms. The first-order valence-corrected chi connectivity index (χ1v) is 4.78. The van der Waals surface area contributed by atoms with Crippen molar-refractivity contribution in [2.45, 2.75) is 46.0 Å². The molecule has 0 aromatic rings. The summed E-state index contributed by atoms with van der Waals surface area (Å²) in [6.07, 6.45) is 0.363. The highest BCUT2D eigenvalue weighted by Crippen LogP contribution is 2.31. The minimum Gasteiger partial charge on any atom is -0.481 e. The molecule has 1 rings (SSSR count). The average Bonchev–Trinajstić information content (AvgIpc) is 2.28. The first kappa shape index (κ1) is 11.5. The van der Waals surface area contributed by atoms with E-state index in [4.69, 9.17) is 14.6 Å². The Morgan fingerprint density at radius 2 is 2.14 bits per heavy atom. The number of carbonyl (C=O) groups is 1. The van der Waals surface area contributed by atoms with Crippen LogP contribution in [0.3, 0.4) is 0 Å². The van der Waals surface area contributed by atoms with Crippen LogP contribution in [0.2, 0.25) is 0 Å². The van der Waals surface area contributed by atoms with E-state index >= 15 is 0 Å². The van der Waals surface area contributed by atoms with Crippen molar-refractivity contribution < 1.29 is 19.4 Å². The van der Waals surface area contributed by atoms with Gasteiger partial charge in [0.05, 0.1) is 18.1 Å². The van der Waals surface area contributed by atoms with Crippen molar-refractivity contribution in [3.63, 3.8) is 0 Å².